The fourth-order valence-corrected chi connectivity index (χ4v) is 1.48. The second kappa shape index (κ2) is 6.11. The van der Waals surface area contributed by atoms with E-state index in [1.54, 1.807) is 37.5 Å². The van der Waals surface area contributed by atoms with Crippen LogP contribution in [-0.4, -0.2) is 12.9 Å². The largest absolute Gasteiger partial charge is 0.497 e. The van der Waals surface area contributed by atoms with Crippen LogP contribution < -0.4 is 4.74 Å². The molecule has 2 heteroatoms. The van der Waals surface area contributed by atoms with Crippen molar-refractivity contribution in [2.45, 2.75) is 26.7 Å². The van der Waals surface area contributed by atoms with Gasteiger partial charge in [0.2, 0.25) is 0 Å². The van der Waals surface area contributed by atoms with E-state index in [9.17, 15) is 4.79 Å². The first kappa shape index (κ1) is 12.5. The van der Waals surface area contributed by atoms with E-state index in [-0.39, 0.29) is 5.78 Å². The van der Waals surface area contributed by atoms with Crippen molar-refractivity contribution in [1.82, 2.24) is 0 Å². The number of hydrogen-bond donors (Lipinski definition) is 0. The summed E-state index contributed by atoms with van der Waals surface area (Å²) in [5.41, 5.74) is 1.89. The molecule has 1 aromatic rings. The number of rotatable bonds is 5. The molecule has 0 heterocycles. The van der Waals surface area contributed by atoms with Crippen LogP contribution >= 0.6 is 0 Å². The number of ketones is 1. The molecule has 86 valence electrons. The van der Waals surface area contributed by atoms with Gasteiger partial charge in [-0.1, -0.05) is 19.4 Å². The van der Waals surface area contributed by atoms with Crippen LogP contribution in [-0.2, 0) is 0 Å². The molecule has 0 aliphatic heterocycles. The number of methoxy groups -OCH3 is 1. The molecule has 1 aromatic carbocycles. The maximum atomic E-state index is 11.9. The molecule has 0 saturated heterocycles. The SMILES string of the molecule is CCC(=CC(=O)c1ccc(OC)cc1)CC. The molecule has 0 unspecified atom stereocenters. The van der Waals surface area contributed by atoms with Crippen molar-refractivity contribution in [3.8, 4) is 5.75 Å². The molecule has 2 nitrogen and oxygen atoms in total. The molecular weight excluding hydrogens is 200 g/mol. The Bertz CT molecular complexity index is 368. The molecule has 0 saturated carbocycles. The minimum Gasteiger partial charge on any atom is -0.497 e. The molecule has 0 amide bonds. The van der Waals surface area contributed by atoms with E-state index in [0.29, 0.717) is 5.56 Å². The maximum absolute atomic E-state index is 11.9. The highest BCUT2D eigenvalue weighted by Gasteiger charge is 2.03. The summed E-state index contributed by atoms with van der Waals surface area (Å²) in [4.78, 5) is 11.9. The molecule has 0 N–H and O–H groups in total. The molecule has 0 bridgehead atoms. The van der Waals surface area contributed by atoms with E-state index >= 15 is 0 Å². The minimum absolute atomic E-state index is 0.0707. The van der Waals surface area contributed by atoms with Gasteiger partial charge in [0.15, 0.2) is 5.78 Å². The zero-order valence-electron chi connectivity index (χ0n) is 10.1. The molecule has 0 fully saturated rings. The van der Waals surface area contributed by atoms with Crippen molar-refractivity contribution < 1.29 is 9.53 Å². The summed E-state index contributed by atoms with van der Waals surface area (Å²) in [5, 5.41) is 0. The van der Waals surface area contributed by atoms with Crippen LogP contribution in [0.3, 0.4) is 0 Å². The monoisotopic (exact) mass is 218 g/mol. The van der Waals surface area contributed by atoms with Crippen LogP contribution in [0.15, 0.2) is 35.9 Å². The van der Waals surface area contributed by atoms with Gasteiger partial charge in [-0.3, -0.25) is 4.79 Å². The normalized spacial score (nSPS) is 9.69. The summed E-state index contributed by atoms with van der Waals surface area (Å²) in [6.45, 7) is 4.13. The van der Waals surface area contributed by atoms with Gasteiger partial charge in [-0.15, -0.1) is 0 Å². The summed E-state index contributed by atoms with van der Waals surface area (Å²) in [6.07, 6.45) is 3.60. The van der Waals surface area contributed by atoms with E-state index in [1.807, 2.05) is 0 Å². The van der Waals surface area contributed by atoms with Crippen molar-refractivity contribution in [3.05, 3.63) is 41.5 Å². The molecule has 0 atom stereocenters. The molecular formula is C14H18O2. The predicted octanol–water partition coefficient (Wildman–Crippen LogP) is 3.62. The van der Waals surface area contributed by atoms with Crippen LogP contribution in [0.5, 0.6) is 5.75 Å². The van der Waals surface area contributed by atoms with Crippen molar-refractivity contribution in [2.24, 2.45) is 0 Å². The number of benzene rings is 1. The summed E-state index contributed by atoms with van der Waals surface area (Å²) in [6, 6.07) is 7.19. The highest BCUT2D eigenvalue weighted by molar-refractivity contribution is 6.04. The average Bonchev–Trinajstić information content (AvgIpc) is 2.35. The Hall–Kier alpha value is -1.57. The number of carbonyl (C=O) groups is 1. The molecule has 1 rings (SSSR count). The Balaban J connectivity index is 2.84. The van der Waals surface area contributed by atoms with Crippen molar-refractivity contribution in [3.63, 3.8) is 0 Å². The Kier molecular flexibility index (Phi) is 4.77. The Morgan fingerprint density at radius 3 is 2.19 bits per heavy atom. The predicted molar refractivity (Wildman–Crippen MR) is 66.0 cm³/mol. The van der Waals surface area contributed by atoms with Gasteiger partial charge >= 0.3 is 0 Å². The molecule has 0 aromatic heterocycles. The van der Waals surface area contributed by atoms with Gasteiger partial charge in [-0.05, 0) is 43.2 Å². The lowest BCUT2D eigenvalue weighted by molar-refractivity contribution is 0.104. The first-order chi connectivity index (χ1) is 7.71. The highest BCUT2D eigenvalue weighted by Crippen LogP contribution is 2.14. The van der Waals surface area contributed by atoms with Gasteiger partial charge < -0.3 is 4.74 Å². The summed E-state index contributed by atoms with van der Waals surface area (Å²) >= 11 is 0. The van der Waals surface area contributed by atoms with Crippen LogP contribution in [0.4, 0.5) is 0 Å². The number of ether oxygens (including phenoxy) is 1. The summed E-state index contributed by atoms with van der Waals surface area (Å²) < 4.78 is 5.05. The Morgan fingerprint density at radius 1 is 1.19 bits per heavy atom. The van der Waals surface area contributed by atoms with Crippen molar-refractivity contribution >= 4 is 5.78 Å². The molecule has 0 aliphatic carbocycles. The third-order valence-electron chi connectivity index (χ3n) is 2.62. The number of hydrogen-bond acceptors (Lipinski definition) is 2. The standard InChI is InChI=1S/C14H18O2/c1-4-11(5-2)10-14(15)12-6-8-13(16-3)9-7-12/h6-10H,4-5H2,1-3H3. The number of allylic oxidation sites excluding steroid dienone is 2. The van der Waals surface area contributed by atoms with E-state index in [2.05, 4.69) is 13.8 Å². The topological polar surface area (TPSA) is 26.3 Å². The van der Waals surface area contributed by atoms with Crippen molar-refractivity contribution in [2.75, 3.05) is 7.11 Å². The molecule has 0 spiro atoms. The third kappa shape index (κ3) is 3.23. The minimum atomic E-state index is 0.0707. The summed E-state index contributed by atoms with van der Waals surface area (Å²) in [7, 11) is 1.61. The lowest BCUT2D eigenvalue weighted by Crippen LogP contribution is -1.96. The average molecular weight is 218 g/mol. The third-order valence-corrected chi connectivity index (χ3v) is 2.62. The number of carbonyl (C=O) groups excluding carboxylic acids is 1. The van der Waals surface area contributed by atoms with Gasteiger partial charge in [-0.25, -0.2) is 0 Å². The van der Waals surface area contributed by atoms with E-state index in [1.165, 1.54) is 5.57 Å². The Morgan fingerprint density at radius 2 is 1.75 bits per heavy atom. The van der Waals surface area contributed by atoms with Crippen LogP contribution in [0.1, 0.15) is 37.0 Å². The van der Waals surface area contributed by atoms with Crippen LogP contribution in [0, 0.1) is 0 Å². The van der Waals surface area contributed by atoms with Gasteiger partial charge in [0.25, 0.3) is 0 Å². The molecule has 16 heavy (non-hydrogen) atoms. The smallest absolute Gasteiger partial charge is 0.185 e. The van der Waals surface area contributed by atoms with E-state index < -0.39 is 0 Å². The zero-order valence-corrected chi connectivity index (χ0v) is 10.1. The quantitative estimate of drug-likeness (QED) is 0.557. The van der Waals surface area contributed by atoms with Gasteiger partial charge in [-0.2, -0.15) is 0 Å². The second-order valence-electron chi connectivity index (χ2n) is 3.60. The van der Waals surface area contributed by atoms with Gasteiger partial charge in [0.1, 0.15) is 5.75 Å². The first-order valence-corrected chi connectivity index (χ1v) is 5.59. The highest BCUT2D eigenvalue weighted by atomic mass is 16.5. The van der Waals surface area contributed by atoms with E-state index in [4.69, 9.17) is 4.74 Å². The van der Waals surface area contributed by atoms with Crippen LogP contribution in [0.25, 0.3) is 0 Å². The lowest BCUT2D eigenvalue weighted by Gasteiger charge is -2.02. The second-order valence-corrected chi connectivity index (χ2v) is 3.60. The maximum Gasteiger partial charge on any atom is 0.185 e. The van der Waals surface area contributed by atoms with Gasteiger partial charge in [0.05, 0.1) is 7.11 Å². The lowest BCUT2D eigenvalue weighted by atomic mass is 10.0. The Labute approximate surface area is 96.9 Å². The van der Waals surface area contributed by atoms with E-state index in [0.717, 1.165) is 18.6 Å². The van der Waals surface area contributed by atoms with Gasteiger partial charge in [0, 0.05) is 5.56 Å². The zero-order chi connectivity index (χ0) is 12.0. The summed E-state index contributed by atoms with van der Waals surface area (Å²) in [5.74, 6) is 0.841. The first-order valence-electron chi connectivity index (χ1n) is 5.59. The molecule has 0 radical (unpaired) electrons. The van der Waals surface area contributed by atoms with Crippen LogP contribution in [0.2, 0.25) is 0 Å². The molecule has 0 aliphatic rings. The fourth-order valence-electron chi connectivity index (χ4n) is 1.48. The fraction of sp³-hybridized carbons (Fsp3) is 0.357. The van der Waals surface area contributed by atoms with Crippen molar-refractivity contribution in [1.29, 1.82) is 0 Å².